The van der Waals surface area contributed by atoms with Crippen LogP contribution >= 0.6 is 21.6 Å². The zero-order chi connectivity index (χ0) is 22.0. The summed E-state index contributed by atoms with van der Waals surface area (Å²) in [5.41, 5.74) is 11.4. The lowest BCUT2D eigenvalue weighted by Crippen LogP contribution is -2.51. The summed E-state index contributed by atoms with van der Waals surface area (Å²) in [6.07, 6.45) is 0. The molecule has 2 amide bonds. The van der Waals surface area contributed by atoms with Gasteiger partial charge in [-0.05, 0) is 11.8 Å². The van der Waals surface area contributed by atoms with Crippen molar-refractivity contribution in [3.63, 3.8) is 0 Å². The van der Waals surface area contributed by atoms with Crippen molar-refractivity contribution in [2.75, 3.05) is 11.5 Å². The minimum Gasteiger partial charge on any atom is -0.480 e. The number of aliphatic carboxylic acids is 2. The third kappa shape index (κ3) is 9.62. The van der Waals surface area contributed by atoms with Crippen molar-refractivity contribution in [2.24, 2.45) is 23.3 Å². The van der Waals surface area contributed by atoms with Crippen LogP contribution in [0.2, 0.25) is 0 Å². The number of rotatable bonds is 13. The van der Waals surface area contributed by atoms with Crippen LogP contribution in [-0.4, -0.2) is 69.6 Å². The molecule has 0 aromatic rings. The average molecular weight is 439 g/mol. The molecule has 12 heteroatoms. The SMILES string of the molecule is CC(C)C(N)C(=O)NC(CSSCC(NC(=O)C(N)C(C)C)C(=O)O)C(=O)O. The molecule has 0 fully saturated rings. The predicted octanol–water partition coefficient (Wildman–Crippen LogP) is -0.527. The van der Waals surface area contributed by atoms with E-state index in [2.05, 4.69) is 10.6 Å². The van der Waals surface area contributed by atoms with Gasteiger partial charge in [-0.3, -0.25) is 9.59 Å². The van der Waals surface area contributed by atoms with Gasteiger partial charge in [0.25, 0.3) is 0 Å². The molecule has 0 heterocycles. The van der Waals surface area contributed by atoms with Crippen molar-refractivity contribution in [1.82, 2.24) is 10.6 Å². The molecule has 0 saturated carbocycles. The fourth-order valence-electron chi connectivity index (χ4n) is 1.72. The number of carbonyl (C=O) groups excluding carboxylic acids is 2. The number of hydrogen-bond acceptors (Lipinski definition) is 8. The first-order valence-electron chi connectivity index (χ1n) is 8.70. The Balaban J connectivity index is 4.59. The van der Waals surface area contributed by atoms with Crippen molar-refractivity contribution in [3.05, 3.63) is 0 Å². The standard InChI is InChI=1S/C16H30N4O6S2/c1-7(2)11(17)13(21)19-9(15(23)24)5-27-28-6-10(16(25)26)20-14(22)12(18)8(3)4/h7-12H,5-6,17-18H2,1-4H3,(H,19,21)(H,20,22)(H,23,24)(H,25,26). The topological polar surface area (TPSA) is 185 Å². The fourth-order valence-corrected chi connectivity index (χ4v) is 4.03. The number of carboxylic acid groups (broad SMARTS) is 2. The van der Waals surface area contributed by atoms with Crippen molar-refractivity contribution < 1.29 is 29.4 Å². The molecule has 0 radical (unpaired) electrons. The van der Waals surface area contributed by atoms with Crippen LogP contribution in [0.5, 0.6) is 0 Å². The fraction of sp³-hybridized carbons (Fsp3) is 0.750. The van der Waals surface area contributed by atoms with Gasteiger partial charge in [-0.2, -0.15) is 0 Å². The Bertz CT molecular complexity index is 513. The van der Waals surface area contributed by atoms with Gasteiger partial charge < -0.3 is 32.3 Å². The monoisotopic (exact) mass is 438 g/mol. The van der Waals surface area contributed by atoms with Crippen LogP contribution < -0.4 is 22.1 Å². The zero-order valence-electron chi connectivity index (χ0n) is 16.4. The van der Waals surface area contributed by atoms with Gasteiger partial charge >= 0.3 is 11.9 Å². The van der Waals surface area contributed by atoms with Crippen LogP contribution in [0.25, 0.3) is 0 Å². The third-order valence-electron chi connectivity index (χ3n) is 3.82. The van der Waals surface area contributed by atoms with Crippen molar-refractivity contribution in [1.29, 1.82) is 0 Å². The lowest BCUT2D eigenvalue weighted by atomic mass is 10.0. The van der Waals surface area contributed by atoms with Crippen molar-refractivity contribution >= 4 is 45.3 Å². The number of nitrogens with two attached hydrogens (primary N) is 2. The molecule has 10 nitrogen and oxygen atoms in total. The second-order valence-corrected chi connectivity index (χ2v) is 9.46. The normalized spacial score (nSPS) is 15.6. The van der Waals surface area contributed by atoms with Gasteiger partial charge in [-0.15, -0.1) is 0 Å². The molecular weight excluding hydrogens is 408 g/mol. The maximum absolute atomic E-state index is 11.9. The van der Waals surface area contributed by atoms with E-state index in [0.717, 1.165) is 21.6 Å². The Morgan fingerprint density at radius 3 is 1.25 bits per heavy atom. The summed E-state index contributed by atoms with van der Waals surface area (Å²) in [5, 5.41) is 23.2. The summed E-state index contributed by atoms with van der Waals surface area (Å²) < 4.78 is 0. The quantitative estimate of drug-likeness (QED) is 0.161. The third-order valence-corrected chi connectivity index (χ3v) is 6.25. The van der Waals surface area contributed by atoms with Gasteiger partial charge in [0, 0.05) is 11.5 Å². The van der Waals surface area contributed by atoms with Crippen molar-refractivity contribution in [3.8, 4) is 0 Å². The van der Waals surface area contributed by atoms with E-state index in [4.69, 9.17) is 11.5 Å². The zero-order valence-corrected chi connectivity index (χ0v) is 18.0. The van der Waals surface area contributed by atoms with E-state index < -0.39 is 47.9 Å². The molecule has 0 spiro atoms. The Labute approximate surface area is 172 Å². The summed E-state index contributed by atoms with van der Waals surface area (Å²) >= 11 is 0. The highest BCUT2D eigenvalue weighted by atomic mass is 33.1. The number of hydrogen-bond donors (Lipinski definition) is 6. The number of carbonyl (C=O) groups is 4. The molecule has 162 valence electrons. The number of amides is 2. The molecule has 4 unspecified atom stereocenters. The van der Waals surface area contributed by atoms with Gasteiger partial charge in [-0.1, -0.05) is 49.3 Å². The largest absolute Gasteiger partial charge is 0.480 e. The molecule has 0 aliphatic carbocycles. The highest BCUT2D eigenvalue weighted by Gasteiger charge is 2.27. The van der Waals surface area contributed by atoms with Gasteiger partial charge in [-0.25, -0.2) is 9.59 Å². The van der Waals surface area contributed by atoms with Crippen LogP contribution in [0.3, 0.4) is 0 Å². The highest BCUT2D eigenvalue weighted by Crippen LogP contribution is 2.23. The first-order chi connectivity index (χ1) is 12.9. The van der Waals surface area contributed by atoms with E-state index in [1.54, 1.807) is 27.7 Å². The summed E-state index contributed by atoms with van der Waals surface area (Å²) in [7, 11) is 2.15. The Kier molecular flexibility index (Phi) is 12.2. The lowest BCUT2D eigenvalue weighted by Gasteiger charge is -2.20. The van der Waals surface area contributed by atoms with Gasteiger partial charge in [0.1, 0.15) is 12.1 Å². The van der Waals surface area contributed by atoms with Crippen LogP contribution in [0.15, 0.2) is 0 Å². The minimum absolute atomic E-state index is 0.00233. The summed E-state index contributed by atoms with van der Waals surface area (Å²) in [4.78, 5) is 46.4. The maximum Gasteiger partial charge on any atom is 0.327 e. The summed E-state index contributed by atoms with van der Waals surface area (Å²) in [5.74, 6) is -3.85. The van der Waals surface area contributed by atoms with E-state index in [0.29, 0.717) is 0 Å². The molecule has 4 atom stereocenters. The lowest BCUT2D eigenvalue weighted by molar-refractivity contribution is -0.141. The molecule has 0 rings (SSSR count). The molecule has 8 N–H and O–H groups in total. The smallest absolute Gasteiger partial charge is 0.327 e. The molecule has 0 aliphatic rings. The highest BCUT2D eigenvalue weighted by molar-refractivity contribution is 8.76. The predicted molar refractivity (Wildman–Crippen MR) is 110 cm³/mol. The second-order valence-electron chi connectivity index (χ2n) is 6.91. The van der Waals surface area contributed by atoms with E-state index in [1.165, 1.54) is 0 Å². The van der Waals surface area contributed by atoms with E-state index >= 15 is 0 Å². The Morgan fingerprint density at radius 2 is 1.04 bits per heavy atom. The van der Waals surface area contributed by atoms with Gasteiger partial charge in [0.05, 0.1) is 12.1 Å². The second kappa shape index (κ2) is 12.9. The molecule has 0 aromatic carbocycles. The Morgan fingerprint density at radius 1 is 0.750 bits per heavy atom. The summed E-state index contributed by atoms with van der Waals surface area (Å²) in [6, 6.07) is -3.98. The molecule has 0 aromatic heterocycles. The summed E-state index contributed by atoms with van der Waals surface area (Å²) in [6.45, 7) is 6.98. The maximum atomic E-state index is 11.9. The molecule has 0 aliphatic heterocycles. The van der Waals surface area contributed by atoms with Gasteiger partial charge in [0.15, 0.2) is 0 Å². The van der Waals surface area contributed by atoms with E-state index in [1.807, 2.05) is 0 Å². The Hall–Kier alpha value is -1.50. The van der Waals surface area contributed by atoms with Crippen LogP contribution in [0.4, 0.5) is 0 Å². The number of nitrogens with one attached hydrogen (secondary N) is 2. The van der Waals surface area contributed by atoms with Crippen LogP contribution in [0, 0.1) is 11.8 Å². The van der Waals surface area contributed by atoms with Crippen molar-refractivity contribution in [2.45, 2.75) is 51.9 Å². The van der Waals surface area contributed by atoms with Gasteiger partial charge in [0.2, 0.25) is 11.8 Å². The van der Waals surface area contributed by atoms with E-state index in [9.17, 15) is 29.4 Å². The molecule has 0 bridgehead atoms. The minimum atomic E-state index is -1.22. The van der Waals surface area contributed by atoms with E-state index in [-0.39, 0.29) is 23.3 Å². The molecule has 0 saturated heterocycles. The molecule has 28 heavy (non-hydrogen) atoms. The van der Waals surface area contributed by atoms with Crippen LogP contribution in [-0.2, 0) is 19.2 Å². The number of carboxylic acids is 2. The molecular formula is C16H30N4O6S2. The average Bonchev–Trinajstić information content (AvgIpc) is 2.60. The first-order valence-corrected chi connectivity index (χ1v) is 11.2. The first kappa shape index (κ1) is 26.5. The van der Waals surface area contributed by atoms with Crippen LogP contribution in [0.1, 0.15) is 27.7 Å².